The van der Waals surface area contributed by atoms with Gasteiger partial charge in [0, 0.05) is 18.8 Å². The van der Waals surface area contributed by atoms with Crippen LogP contribution in [0.2, 0.25) is 0 Å². The van der Waals surface area contributed by atoms with Crippen molar-refractivity contribution in [2.75, 3.05) is 25.1 Å². The van der Waals surface area contributed by atoms with Crippen LogP contribution >= 0.6 is 0 Å². The highest BCUT2D eigenvalue weighted by molar-refractivity contribution is 5.74. The Morgan fingerprint density at radius 1 is 1.56 bits per heavy atom. The number of esters is 1. The average Bonchev–Trinajstić information content (AvgIpc) is 2.77. The predicted octanol–water partition coefficient (Wildman–Crippen LogP) is 1.82. The molecule has 86 valence electrons. The van der Waals surface area contributed by atoms with E-state index in [2.05, 4.69) is 0 Å². The first-order chi connectivity index (χ1) is 7.70. The molecule has 0 N–H and O–H groups in total. The maximum Gasteiger partial charge on any atom is 0.310 e. The van der Waals surface area contributed by atoms with Gasteiger partial charge in [0.1, 0.15) is 5.82 Å². The van der Waals surface area contributed by atoms with Crippen LogP contribution in [-0.2, 0) is 9.53 Å². The maximum absolute atomic E-state index is 13.0. The number of halogens is 1. The minimum absolute atomic E-state index is 0.0896. The quantitative estimate of drug-likeness (QED) is 0.716. The number of nitrogens with zero attached hydrogens (tertiary/aromatic N) is 1. The van der Waals surface area contributed by atoms with Crippen molar-refractivity contribution in [3.8, 4) is 0 Å². The molecule has 1 saturated heterocycles. The number of benzene rings is 1. The lowest BCUT2D eigenvalue weighted by molar-refractivity contribution is -0.144. The van der Waals surface area contributed by atoms with Crippen molar-refractivity contribution < 1.29 is 13.9 Å². The molecule has 1 aliphatic heterocycles. The van der Waals surface area contributed by atoms with Crippen LogP contribution in [0.1, 0.15) is 6.42 Å². The highest BCUT2D eigenvalue weighted by Crippen LogP contribution is 2.24. The summed E-state index contributed by atoms with van der Waals surface area (Å²) < 4.78 is 17.7. The number of methoxy groups -OCH3 is 1. The van der Waals surface area contributed by atoms with Gasteiger partial charge in [-0.2, -0.15) is 0 Å². The van der Waals surface area contributed by atoms with E-state index >= 15 is 0 Å². The Kier molecular flexibility index (Phi) is 3.08. The Balaban J connectivity index is 2.06. The van der Waals surface area contributed by atoms with Crippen molar-refractivity contribution in [2.24, 2.45) is 5.92 Å². The molecule has 16 heavy (non-hydrogen) atoms. The highest BCUT2D eigenvalue weighted by atomic mass is 19.1. The fourth-order valence-corrected chi connectivity index (χ4v) is 2.03. The predicted molar refractivity (Wildman–Crippen MR) is 58.7 cm³/mol. The van der Waals surface area contributed by atoms with E-state index in [4.69, 9.17) is 4.74 Å². The molecule has 1 aromatic carbocycles. The third-order valence-electron chi connectivity index (χ3n) is 2.90. The fraction of sp³-hybridized carbons (Fsp3) is 0.417. The molecule has 0 saturated carbocycles. The van der Waals surface area contributed by atoms with Crippen LogP contribution in [0.15, 0.2) is 24.3 Å². The van der Waals surface area contributed by atoms with Crippen LogP contribution in [-0.4, -0.2) is 26.2 Å². The minimum Gasteiger partial charge on any atom is -0.469 e. The van der Waals surface area contributed by atoms with Crippen LogP contribution in [0.5, 0.6) is 0 Å². The van der Waals surface area contributed by atoms with Gasteiger partial charge in [0.15, 0.2) is 0 Å². The molecule has 1 aliphatic rings. The number of rotatable bonds is 2. The van der Waals surface area contributed by atoms with E-state index < -0.39 is 0 Å². The first kappa shape index (κ1) is 10.9. The van der Waals surface area contributed by atoms with Gasteiger partial charge in [-0.1, -0.05) is 6.07 Å². The third-order valence-corrected chi connectivity index (χ3v) is 2.90. The Hall–Kier alpha value is -1.58. The molecule has 1 atom stereocenters. The second-order valence-electron chi connectivity index (χ2n) is 3.93. The van der Waals surface area contributed by atoms with Crippen LogP contribution in [0, 0.1) is 11.7 Å². The van der Waals surface area contributed by atoms with E-state index in [-0.39, 0.29) is 17.7 Å². The zero-order valence-electron chi connectivity index (χ0n) is 9.15. The summed E-state index contributed by atoms with van der Waals surface area (Å²) in [5, 5.41) is 0. The SMILES string of the molecule is COC(=O)C1CCN(c2cccc(F)c2)C1. The summed E-state index contributed by atoms with van der Waals surface area (Å²) in [5.41, 5.74) is 0.825. The van der Waals surface area contributed by atoms with Gasteiger partial charge in [-0.25, -0.2) is 4.39 Å². The first-order valence-corrected chi connectivity index (χ1v) is 5.29. The van der Waals surface area contributed by atoms with Crippen molar-refractivity contribution in [2.45, 2.75) is 6.42 Å². The van der Waals surface area contributed by atoms with E-state index in [1.807, 2.05) is 11.0 Å². The van der Waals surface area contributed by atoms with Crippen LogP contribution in [0.4, 0.5) is 10.1 Å². The number of hydrogen-bond donors (Lipinski definition) is 0. The summed E-state index contributed by atoms with van der Waals surface area (Å²) in [7, 11) is 1.40. The Morgan fingerprint density at radius 3 is 3.06 bits per heavy atom. The molecule has 0 spiro atoms. The molecule has 3 nitrogen and oxygen atoms in total. The molecule has 4 heteroatoms. The smallest absolute Gasteiger partial charge is 0.310 e. The topological polar surface area (TPSA) is 29.5 Å². The van der Waals surface area contributed by atoms with E-state index in [9.17, 15) is 9.18 Å². The van der Waals surface area contributed by atoms with Crippen LogP contribution < -0.4 is 4.90 Å². The Bertz CT molecular complexity index is 394. The standard InChI is InChI=1S/C12H14FNO2/c1-16-12(15)9-5-6-14(8-9)11-4-2-3-10(13)7-11/h2-4,7,9H,5-6,8H2,1H3. The molecule has 0 aromatic heterocycles. The first-order valence-electron chi connectivity index (χ1n) is 5.29. The Morgan fingerprint density at radius 2 is 2.38 bits per heavy atom. The Labute approximate surface area is 93.8 Å². The van der Waals surface area contributed by atoms with Gasteiger partial charge in [0.25, 0.3) is 0 Å². The molecule has 0 bridgehead atoms. The second kappa shape index (κ2) is 4.51. The van der Waals surface area contributed by atoms with Gasteiger partial charge in [0.2, 0.25) is 0 Å². The van der Waals surface area contributed by atoms with E-state index in [0.717, 1.165) is 18.7 Å². The van der Waals surface area contributed by atoms with Crippen molar-refractivity contribution >= 4 is 11.7 Å². The van der Waals surface area contributed by atoms with Crippen molar-refractivity contribution in [1.82, 2.24) is 0 Å². The lowest BCUT2D eigenvalue weighted by Gasteiger charge is -2.18. The summed E-state index contributed by atoms with van der Waals surface area (Å²) in [6.07, 6.45) is 0.767. The van der Waals surface area contributed by atoms with E-state index in [1.165, 1.54) is 19.2 Å². The molecule has 0 aliphatic carbocycles. The van der Waals surface area contributed by atoms with Gasteiger partial charge >= 0.3 is 5.97 Å². The van der Waals surface area contributed by atoms with Gasteiger partial charge in [0.05, 0.1) is 13.0 Å². The summed E-state index contributed by atoms with van der Waals surface area (Å²) in [5.74, 6) is -0.522. The van der Waals surface area contributed by atoms with Crippen LogP contribution in [0.25, 0.3) is 0 Å². The number of ether oxygens (including phenoxy) is 1. The summed E-state index contributed by atoms with van der Waals surface area (Å²) in [6.45, 7) is 1.37. The molecular formula is C12H14FNO2. The molecule has 1 aromatic rings. The van der Waals surface area contributed by atoms with Crippen molar-refractivity contribution in [3.05, 3.63) is 30.1 Å². The summed E-state index contributed by atoms with van der Waals surface area (Å²) >= 11 is 0. The number of hydrogen-bond acceptors (Lipinski definition) is 3. The van der Waals surface area contributed by atoms with Gasteiger partial charge < -0.3 is 9.64 Å². The van der Waals surface area contributed by atoms with Crippen molar-refractivity contribution in [1.29, 1.82) is 0 Å². The maximum atomic E-state index is 13.0. The lowest BCUT2D eigenvalue weighted by atomic mass is 10.1. The second-order valence-corrected chi connectivity index (χ2v) is 3.93. The molecule has 1 heterocycles. The molecule has 0 amide bonds. The van der Waals surface area contributed by atoms with E-state index in [0.29, 0.717) is 6.54 Å². The minimum atomic E-state index is -0.251. The molecular weight excluding hydrogens is 209 g/mol. The lowest BCUT2D eigenvalue weighted by Crippen LogP contribution is -2.23. The van der Waals surface area contributed by atoms with Crippen molar-refractivity contribution in [3.63, 3.8) is 0 Å². The summed E-state index contributed by atoms with van der Waals surface area (Å²) in [4.78, 5) is 13.3. The van der Waals surface area contributed by atoms with Gasteiger partial charge in [-0.15, -0.1) is 0 Å². The highest BCUT2D eigenvalue weighted by Gasteiger charge is 2.29. The average molecular weight is 223 g/mol. The number of carbonyl (C=O) groups is 1. The van der Waals surface area contributed by atoms with Gasteiger partial charge in [-0.3, -0.25) is 4.79 Å². The van der Waals surface area contributed by atoms with Crippen LogP contribution in [0.3, 0.4) is 0 Å². The zero-order chi connectivity index (χ0) is 11.5. The third kappa shape index (κ3) is 2.15. The monoisotopic (exact) mass is 223 g/mol. The summed E-state index contributed by atoms with van der Waals surface area (Å²) in [6, 6.07) is 6.43. The zero-order valence-corrected chi connectivity index (χ0v) is 9.15. The molecule has 1 fully saturated rings. The van der Waals surface area contributed by atoms with Gasteiger partial charge in [-0.05, 0) is 24.6 Å². The van der Waals surface area contributed by atoms with E-state index in [1.54, 1.807) is 6.07 Å². The normalized spacial score (nSPS) is 19.9. The number of anilines is 1. The molecule has 2 rings (SSSR count). The molecule has 1 unspecified atom stereocenters. The number of carbonyl (C=O) groups excluding carboxylic acids is 1. The fourth-order valence-electron chi connectivity index (χ4n) is 2.03. The molecule has 0 radical (unpaired) electrons. The largest absolute Gasteiger partial charge is 0.469 e.